The average molecular weight is 378 g/mol. The maximum absolute atomic E-state index is 13.0. The number of hydrogen-bond acceptors (Lipinski definition) is 2. The number of carbonyl (C=O) groups excluding carboxylic acids is 1. The zero-order valence-electron chi connectivity index (χ0n) is 14.0. The van der Waals surface area contributed by atoms with E-state index >= 15 is 0 Å². The van der Waals surface area contributed by atoms with Gasteiger partial charge in [0.05, 0.1) is 5.75 Å². The molecule has 1 fully saturated rings. The minimum absolute atomic E-state index is 0.148. The number of carbonyl (C=O) groups is 1. The maximum Gasteiger partial charge on any atom is 0.232 e. The van der Waals surface area contributed by atoms with E-state index in [0.29, 0.717) is 11.7 Å². The number of nitrogens with zero attached hydrogens (tertiary/aromatic N) is 1. The van der Waals surface area contributed by atoms with Crippen LogP contribution in [-0.4, -0.2) is 29.6 Å². The van der Waals surface area contributed by atoms with E-state index in [1.54, 1.807) is 12.1 Å². The minimum Gasteiger partial charge on any atom is -0.341 e. The molecule has 1 saturated heterocycles. The Labute approximate surface area is 157 Å². The molecule has 0 bridgehead atoms. The molecular formula is C20H21ClFNOS. The largest absolute Gasteiger partial charge is 0.341 e. The molecule has 0 radical (unpaired) electrons. The first-order valence-electron chi connectivity index (χ1n) is 8.53. The Morgan fingerprint density at radius 3 is 2.56 bits per heavy atom. The maximum atomic E-state index is 13.0. The highest BCUT2D eigenvalue weighted by atomic mass is 35.5. The molecule has 0 saturated carbocycles. The van der Waals surface area contributed by atoms with Gasteiger partial charge in [-0.2, -0.15) is 0 Å². The van der Waals surface area contributed by atoms with Crippen LogP contribution in [-0.2, 0) is 4.79 Å². The van der Waals surface area contributed by atoms with Gasteiger partial charge in [0.1, 0.15) is 5.82 Å². The van der Waals surface area contributed by atoms with Crippen molar-refractivity contribution in [3.8, 4) is 0 Å². The standard InChI is InChI=1S/C20H21ClFNOS/c21-17-6-4-15(5-7-17)16-3-1-2-12-23(13-16)20(24)14-25-19-10-8-18(22)9-11-19/h4-11,16H,1-3,12-14H2. The van der Waals surface area contributed by atoms with Crippen molar-refractivity contribution in [2.75, 3.05) is 18.8 Å². The van der Waals surface area contributed by atoms with Gasteiger partial charge in [-0.05, 0) is 54.8 Å². The molecular weight excluding hydrogens is 357 g/mol. The highest BCUT2D eigenvalue weighted by Gasteiger charge is 2.23. The van der Waals surface area contributed by atoms with Gasteiger partial charge < -0.3 is 4.90 Å². The smallest absolute Gasteiger partial charge is 0.232 e. The molecule has 132 valence electrons. The van der Waals surface area contributed by atoms with Gasteiger partial charge in [-0.25, -0.2) is 4.39 Å². The molecule has 3 rings (SSSR count). The van der Waals surface area contributed by atoms with Crippen LogP contribution in [0, 0.1) is 5.82 Å². The molecule has 1 amide bonds. The molecule has 1 aliphatic rings. The summed E-state index contributed by atoms with van der Waals surface area (Å²) in [6, 6.07) is 14.2. The summed E-state index contributed by atoms with van der Waals surface area (Å²) in [6.45, 7) is 1.57. The van der Waals surface area contributed by atoms with E-state index in [4.69, 9.17) is 11.6 Å². The van der Waals surface area contributed by atoms with Gasteiger partial charge in [-0.15, -0.1) is 11.8 Å². The predicted octanol–water partition coefficient (Wildman–Crippen LogP) is 5.37. The lowest BCUT2D eigenvalue weighted by Crippen LogP contribution is -2.35. The van der Waals surface area contributed by atoms with Crippen LogP contribution in [0.15, 0.2) is 53.4 Å². The Bertz CT molecular complexity index is 705. The van der Waals surface area contributed by atoms with Gasteiger partial charge in [0, 0.05) is 28.9 Å². The summed E-state index contributed by atoms with van der Waals surface area (Å²) in [5.41, 5.74) is 1.25. The van der Waals surface area contributed by atoms with Crippen molar-refractivity contribution < 1.29 is 9.18 Å². The molecule has 2 aromatic rings. The van der Waals surface area contributed by atoms with E-state index in [9.17, 15) is 9.18 Å². The normalized spacial score (nSPS) is 18.0. The monoisotopic (exact) mass is 377 g/mol. The molecule has 0 aliphatic carbocycles. The fourth-order valence-electron chi connectivity index (χ4n) is 3.14. The summed E-state index contributed by atoms with van der Waals surface area (Å²) in [7, 11) is 0. The summed E-state index contributed by atoms with van der Waals surface area (Å²) >= 11 is 7.44. The highest BCUT2D eigenvalue weighted by molar-refractivity contribution is 8.00. The second kappa shape index (κ2) is 8.72. The Hall–Kier alpha value is -1.52. The van der Waals surface area contributed by atoms with Crippen molar-refractivity contribution in [3.05, 3.63) is 64.9 Å². The fourth-order valence-corrected chi connectivity index (χ4v) is 4.07. The van der Waals surface area contributed by atoms with Crippen LogP contribution >= 0.6 is 23.4 Å². The van der Waals surface area contributed by atoms with E-state index in [-0.39, 0.29) is 11.7 Å². The second-order valence-electron chi connectivity index (χ2n) is 6.33. The molecule has 1 atom stereocenters. The van der Waals surface area contributed by atoms with Gasteiger partial charge in [0.2, 0.25) is 5.91 Å². The number of amides is 1. The van der Waals surface area contributed by atoms with Gasteiger partial charge in [0.15, 0.2) is 0 Å². The molecule has 1 heterocycles. The van der Waals surface area contributed by atoms with Gasteiger partial charge in [-0.3, -0.25) is 4.79 Å². The predicted molar refractivity (Wildman–Crippen MR) is 102 cm³/mol. The fraction of sp³-hybridized carbons (Fsp3) is 0.350. The van der Waals surface area contributed by atoms with E-state index in [1.807, 2.05) is 17.0 Å². The van der Waals surface area contributed by atoms with E-state index < -0.39 is 0 Å². The van der Waals surface area contributed by atoms with E-state index in [0.717, 1.165) is 42.3 Å². The van der Waals surface area contributed by atoms with Gasteiger partial charge >= 0.3 is 0 Å². The summed E-state index contributed by atoms with van der Waals surface area (Å²) in [6.07, 6.45) is 3.26. The highest BCUT2D eigenvalue weighted by Crippen LogP contribution is 2.28. The van der Waals surface area contributed by atoms with Crippen molar-refractivity contribution in [2.45, 2.75) is 30.1 Å². The number of hydrogen-bond donors (Lipinski definition) is 0. The molecule has 1 unspecified atom stereocenters. The van der Waals surface area contributed by atoms with Gasteiger partial charge in [0.25, 0.3) is 0 Å². The molecule has 2 aromatic carbocycles. The van der Waals surface area contributed by atoms with Crippen LogP contribution in [0.5, 0.6) is 0 Å². The third-order valence-electron chi connectivity index (χ3n) is 4.54. The van der Waals surface area contributed by atoms with Crippen LogP contribution < -0.4 is 0 Å². The Balaban J connectivity index is 1.60. The van der Waals surface area contributed by atoms with E-state index in [1.165, 1.54) is 29.5 Å². The van der Waals surface area contributed by atoms with Crippen LogP contribution in [0.1, 0.15) is 30.7 Å². The quantitative estimate of drug-likeness (QED) is 0.668. The molecule has 0 N–H and O–H groups in total. The third-order valence-corrected chi connectivity index (χ3v) is 5.79. The molecule has 1 aliphatic heterocycles. The van der Waals surface area contributed by atoms with Crippen molar-refractivity contribution in [1.82, 2.24) is 4.90 Å². The topological polar surface area (TPSA) is 20.3 Å². The summed E-state index contributed by atoms with van der Waals surface area (Å²) in [4.78, 5) is 15.5. The van der Waals surface area contributed by atoms with Crippen molar-refractivity contribution in [1.29, 1.82) is 0 Å². The van der Waals surface area contributed by atoms with E-state index in [2.05, 4.69) is 12.1 Å². The minimum atomic E-state index is -0.256. The van der Waals surface area contributed by atoms with Crippen LogP contribution in [0.25, 0.3) is 0 Å². The molecule has 2 nitrogen and oxygen atoms in total. The lowest BCUT2D eigenvalue weighted by atomic mass is 9.94. The lowest BCUT2D eigenvalue weighted by molar-refractivity contribution is -0.128. The first-order valence-corrected chi connectivity index (χ1v) is 9.90. The Morgan fingerprint density at radius 1 is 1.12 bits per heavy atom. The third kappa shape index (κ3) is 5.23. The number of thioether (sulfide) groups is 1. The first kappa shape index (κ1) is 18.3. The Morgan fingerprint density at radius 2 is 1.84 bits per heavy atom. The molecule has 0 spiro atoms. The van der Waals surface area contributed by atoms with Crippen molar-refractivity contribution in [3.63, 3.8) is 0 Å². The SMILES string of the molecule is O=C(CSc1ccc(F)cc1)N1CCCCC(c2ccc(Cl)cc2)C1. The average Bonchev–Trinajstić information content (AvgIpc) is 2.88. The number of likely N-dealkylation sites (tertiary alicyclic amines) is 1. The summed E-state index contributed by atoms with van der Waals surface area (Å²) < 4.78 is 13.0. The number of rotatable bonds is 4. The Kier molecular flexibility index (Phi) is 6.38. The van der Waals surface area contributed by atoms with Crippen LogP contribution in [0.4, 0.5) is 4.39 Å². The molecule has 25 heavy (non-hydrogen) atoms. The summed E-state index contributed by atoms with van der Waals surface area (Å²) in [5, 5.41) is 0.737. The van der Waals surface area contributed by atoms with Crippen LogP contribution in [0.3, 0.4) is 0 Å². The second-order valence-corrected chi connectivity index (χ2v) is 7.81. The van der Waals surface area contributed by atoms with Crippen LogP contribution in [0.2, 0.25) is 5.02 Å². The first-order chi connectivity index (χ1) is 12.1. The van der Waals surface area contributed by atoms with Crippen molar-refractivity contribution >= 4 is 29.3 Å². The zero-order valence-corrected chi connectivity index (χ0v) is 15.5. The molecule has 5 heteroatoms. The summed E-state index contributed by atoms with van der Waals surface area (Å²) in [5.74, 6) is 0.641. The lowest BCUT2D eigenvalue weighted by Gasteiger charge is -2.25. The number of benzene rings is 2. The van der Waals surface area contributed by atoms with Gasteiger partial charge in [-0.1, -0.05) is 30.2 Å². The number of halogens is 2. The molecule has 0 aromatic heterocycles. The zero-order chi connectivity index (χ0) is 17.6. The van der Waals surface area contributed by atoms with Crippen molar-refractivity contribution in [2.24, 2.45) is 0 Å².